The number of tetrazole rings is 1. The summed E-state index contributed by atoms with van der Waals surface area (Å²) < 4.78 is 7.27. The number of nitrogens with one attached hydrogen (secondary N) is 1. The van der Waals surface area contributed by atoms with Crippen LogP contribution in [0.15, 0.2) is 41.8 Å². The van der Waals surface area contributed by atoms with Crippen LogP contribution in [0.25, 0.3) is 0 Å². The Kier molecular flexibility index (Phi) is 6.41. The maximum absolute atomic E-state index is 5.28. The number of methoxy groups -OCH3 is 1. The van der Waals surface area contributed by atoms with Crippen LogP contribution in [0, 0.1) is 0 Å². The van der Waals surface area contributed by atoms with Crippen LogP contribution < -0.4 is 14.5 Å². The van der Waals surface area contributed by atoms with E-state index < -0.39 is 0 Å². The van der Waals surface area contributed by atoms with Gasteiger partial charge in [-0.1, -0.05) is 19.4 Å². The maximum Gasteiger partial charge on any atom is 0.209 e. The topological polar surface area (TPSA) is 60.5 Å². The normalized spacial score (nSPS) is 16.1. The fraction of sp³-hybridized carbons (Fsp3) is 0.476. The molecule has 0 saturated carbocycles. The summed E-state index contributed by atoms with van der Waals surface area (Å²) in [5.74, 6) is 1.92. The number of ether oxygens (including phenoxy) is 1. The van der Waals surface area contributed by atoms with Crippen LogP contribution in [0.4, 0.5) is 5.69 Å². The molecule has 1 saturated heterocycles. The Hall–Kier alpha value is -2.45. The molecular weight excluding hydrogens is 384 g/mol. The third-order valence-corrected chi connectivity index (χ3v) is 6.53. The lowest BCUT2D eigenvalue weighted by Crippen LogP contribution is -3.15. The maximum atomic E-state index is 5.28. The van der Waals surface area contributed by atoms with Crippen molar-refractivity contribution in [2.75, 3.05) is 38.2 Å². The first-order valence-corrected chi connectivity index (χ1v) is 11.2. The zero-order valence-electron chi connectivity index (χ0n) is 17.1. The molecule has 3 aromatic rings. The van der Waals surface area contributed by atoms with Crippen LogP contribution in [-0.4, -0.2) is 53.5 Å². The Morgan fingerprint density at radius 2 is 1.97 bits per heavy atom. The van der Waals surface area contributed by atoms with Crippen LogP contribution in [0.1, 0.15) is 36.5 Å². The first kappa shape index (κ1) is 19.8. The van der Waals surface area contributed by atoms with E-state index in [2.05, 4.69) is 57.0 Å². The smallest absolute Gasteiger partial charge is 0.209 e. The third-order valence-electron chi connectivity index (χ3n) is 5.67. The molecule has 0 aliphatic carbocycles. The lowest BCUT2D eigenvalue weighted by molar-refractivity contribution is -0.933. The van der Waals surface area contributed by atoms with Crippen LogP contribution in [0.3, 0.4) is 0 Å². The molecule has 1 aromatic carbocycles. The Labute approximate surface area is 175 Å². The number of rotatable bonds is 8. The molecule has 7 nitrogen and oxygen atoms in total. The molecule has 0 bridgehead atoms. The molecule has 0 radical (unpaired) electrons. The van der Waals surface area contributed by atoms with Crippen LogP contribution >= 0.6 is 11.3 Å². The fourth-order valence-electron chi connectivity index (χ4n) is 4.12. The molecule has 0 unspecified atom stereocenters. The molecule has 0 spiro atoms. The van der Waals surface area contributed by atoms with E-state index in [0.717, 1.165) is 57.1 Å². The molecule has 1 aliphatic heterocycles. The summed E-state index contributed by atoms with van der Waals surface area (Å²) in [5, 5.41) is 14.9. The van der Waals surface area contributed by atoms with Gasteiger partial charge in [-0.15, -0.1) is 16.4 Å². The predicted octanol–water partition coefficient (Wildman–Crippen LogP) is 2.04. The van der Waals surface area contributed by atoms with E-state index >= 15 is 0 Å². The van der Waals surface area contributed by atoms with Gasteiger partial charge in [0, 0.05) is 17.0 Å². The van der Waals surface area contributed by atoms with Gasteiger partial charge in [0.15, 0.2) is 0 Å². The van der Waals surface area contributed by atoms with Crippen molar-refractivity contribution >= 4 is 17.0 Å². The van der Waals surface area contributed by atoms with Crippen molar-refractivity contribution in [3.63, 3.8) is 0 Å². The minimum Gasteiger partial charge on any atom is -0.497 e. The zero-order chi connectivity index (χ0) is 20.1. The highest BCUT2D eigenvalue weighted by molar-refractivity contribution is 7.09. The number of hydrogen-bond donors (Lipinski definition) is 1. The second-order valence-corrected chi connectivity index (χ2v) is 8.49. The summed E-state index contributed by atoms with van der Waals surface area (Å²) in [4.78, 5) is 5.33. The Morgan fingerprint density at radius 1 is 1.17 bits per heavy atom. The number of nitrogens with zero attached hydrogens (tertiary/aromatic N) is 5. The average Bonchev–Trinajstić information content (AvgIpc) is 3.45. The van der Waals surface area contributed by atoms with Gasteiger partial charge in [-0.2, -0.15) is 0 Å². The van der Waals surface area contributed by atoms with E-state index in [0.29, 0.717) is 6.04 Å². The summed E-state index contributed by atoms with van der Waals surface area (Å²) >= 11 is 1.75. The Balaban J connectivity index is 1.44. The second-order valence-electron chi connectivity index (χ2n) is 7.46. The predicted molar refractivity (Wildman–Crippen MR) is 115 cm³/mol. The van der Waals surface area contributed by atoms with Crippen molar-refractivity contribution in [1.82, 2.24) is 20.2 Å². The fourth-order valence-corrected chi connectivity index (χ4v) is 4.81. The van der Waals surface area contributed by atoms with Gasteiger partial charge >= 0.3 is 0 Å². The van der Waals surface area contributed by atoms with E-state index in [1.54, 1.807) is 23.3 Å². The average molecular weight is 414 g/mol. The lowest BCUT2D eigenvalue weighted by Gasteiger charge is -2.37. The highest BCUT2D eigenvalue weighted by Gasteiger charge is 2.32. The van der Waals surface area contributed by atoms with Crippen molar-refractivity contribution in [3.8, 4) is 5.75 Å². The van der Waals surface area contributed by atoms with Crippen molar-refractivity contribution in [2.45, 2.75) is 32.4 Å². The Bertz CT molecular complexity index is 871. The summed E-state index contributed by atoms with van der Waals surface area (Å²) in [7, 11) is 1.71. The van der Waals surface area contributed by atoms with Crippen molar-refractivity contribution in [2.24, 2.45) is 0 Å². The van der Waals surface area contributed by atoms with Crippen molar-refractivity contribution < 1.29 is 9.64 Å². The molecule has 154 valence electrons. The van der Waals surface area contributed by atoms with Crippen LogP contribution in [-0.2, 0) is 6.54 Å². The van der Waals surface area contributed by atoms with E-state index in [-0.39, 0.29) is 0 Å². The number of piperazine rings is 1. The van der Waals surface area contributed by atoms with Gasteiger partial charge in [0.1, 0.15) is 11.8 Å². The SMILES string of the molecule is CCC[C@@H](c1nnnn1Cc1cccs1)[NH+]1CCN(c2ccc(OC)cc2)CC1. The molecular formula is C21H29N6OS+. The van der Waals surface area contributed by atoms with Gasteiger partial charge in [0.25, 0.3) is 0 Å². The third kappa shape index (κ3) is 4.59. The molecule has 29 heavy (non-hydrogen) atoms. The Morgan fingerprint density at radius 3 is 2.62 bits per heavy atom. The van der Waals surface area contributed by atoms with Crippen molar-refractivity contribution in [1.29, 1.82) is 0 Å². The monoisotopic (exact) mass is 413 g/mol. The highest BCUT2D eigenvalue weighted by Crippen LogP contribution is 2.20. The van der Waals surface area contributed by atoms with E-state index in [9.17, 15) is 0 Å². The van der Waals surface area contributed by atoms with E-state index in [4.69, 9.17) is 4.74 Å². The number of hydrogen-bond acceptors (Lipinski definition) is 6. The second kappa shape index (κ2) is 9.37. The molecule has 4 rings (SSSR count). The number of thiophene rings is 1. The molecule has 1 fully saturated rings. The number of aromatic nitrogens is 4. The molecule has 2 aromatic heterocycles. The molecule has 1 N–H and O–H groups in total. The number of benzene rings is 1. The molecule has 8 heteroatoms. The summed E-state index contributed by atoms with van der Waals surface area (Å²) in [5.41, 5.74) is 1.26. The van der Waals surface area contributed by atoms with Gasteiger partial charge in [0.2, 0.25) is 5.82 Å². The van der Waals surface area contributed by atoms with Gasteiger partial charge in [-0.25, -0.2) is 4.68 Å². The molecule has 0 amide bonds. The minimum atomic E-state index is 0.341. The van der Waals surface area contributed by atoms with E-state index in [1.165, 1.54) is 10.6 Å². The molecule has 1 atom stereocenters. The zero-order valence-corrected chi connectivity index (χ0v) is 17.9. The summed E-state index contributed by atoms with van der Waals surface area (Å²) in [6.07, 6.45) is 2.23. The molecule has 1 aliphatic rings. The van der Waals surface area contributed by atoms with Gasteiger partial charge in [-0.05, 0) is 46.1 Å². The molecule has 3 heterocycles. The van der Waals surface area contributed by atoms with Crippen LogP contribution in [0.2, 0.25) is 0 Å². The largest absolute Gasteiger partial charge is 0.497 e. The van der Waals surface area contributed by atoms with E-state index in [1.807, 2.05) is 16.8 Å². The lowest BCUT2D eigenvalue weighted by atomic mass is 10.1. The minimum absolute atomic E-state index is 0.341. The first-order valence-electron chi connectivity index (χ1n) is 10.3. The standard InChI is InChI=1S/C21H28N6OS/c1-3-5-20(21-22-23-24-27(21)16-19-6-4-15-29-19)26-13-11-25(12-14-26)17-7-9-18(28-2)10-8-17/h4,6-10,15,20H,3,5,11-14,16H2,1-2H3/p+1/t20-/m0/s1. The quantitative estimate of drug-likeness (QED) is 0.612. The summed E-state index contributed by atoms with van der Waals surface area (Å²) in [6, 6.07) is 12.9. The number of quaternary nitrogens is 1. The summed E-state index contributed by atoms with van der Waals surface area (Å²) in [6.45, 7) is 7.24. The highest BCUT2D eigenvalue weighted by atomic mass is 32.1. The first-order chi connectivity index (χ1) is 14.3. The van der Waals surface area contributed by atoms with Gasteiger partial charge in [0.05, 0.1) is 39.8 Å². The van der Waals surface area contributed by atoms with Crippen molar-refractivity contribution in [3.05, 3.63) is 52.5 Å². The van der Waals surface area contributed by atoms with Crippen LogP contribution in [0.5, 0.6) is 5.75 Å². The van der Waals surface area contributed by atoms with Gasteiger partial charge in [-0.3, -0.25) is 0 Å². The number of anilines is 1. The van der Waals surface area contributed by atoms with Gasteiger partial charge < -0.3 is 14.5 Å².